The first kappa shape index (κ1) is 14.2. The van der Waals surface area contributed by atoms with Gasteiger partial charge in [-0.2, -0.15) is 0 Å². The maximum atomic E-state index is 12.3. The summed E-state index contributed by atoms with van der Waals surface area (Å²) >= 11 is 1.67. The van der Waals surface area contributed by atoms with E-state index in [-0.39, 0.29) is 11.9 Å². The van der Waals surface area contributed by atoms with Gasteiger partial charge in [0, 0.05) is 11.9 Å². The van der Waals surface area contributed by atoms with Crippen LogP contribution >= 0.6 is 11.3 Å². The summed E-state index contributed by atoms with van der Waals surface area (Å²) in [5, 5.41) is 2.03. The monoisotopic (exact) mass is 254 g/mol. The van der Waals surface area contributed by atoms with E-state index in [1.54, 1.807) is 16.2 Å². The molecule has 17 heavy (non-hydrogen) atoms. The second kappa shape index (κ2) is 5.65. The van der Waals surface area contributed by atoms with Gasteiger partial charge in [-0.15, -0.1) is 11.3 Å². The molecular formula is C13H22N2OS. The van der Waals surface area contributed by atoms with E-state index in [0.717, 1.165) is 6.42 Å². The molecule has 96 valence electrons. The lowest BCUT2D eigenvalue weighted by Crippen LogP contribution is -2.52. The van der Waals surface area contributed by atoms with E-state index < -0.39 is 5.54 Å². The third-order valence-electron chi connectivity index (χ3n) is 3.11. The van der Waals surface area contributed by atoms with Gasteiger partial charge in [-0.25, -0.2) is 0 Å². The number of carbonyl (C=O) groups excluding carboxylic acids is 1. The highest BCUT2D eigenvalue weighted by Crippen LogP contribution is 2.25. The Balaban J connectivity index is 2.76. The fourth-order valence-corrected chi connectivity index (χ4v) is 2.75. The molecule has 1 aromatic rings. The molecule has 0 saturated carbocycles. The summed E-state index contributed by atoms with van der Waals surface area (Å²) in [7, 11) is 1.83. The van der Waals surface area contributed by atoms with Gasteiger partial charge in [0.2, 0.25) is 5.91 Å². The Morgan fingerprint density at radius 2 is 2.29 bits per heavy atom. The van der Waals surface area contributed by atoms with E-state index in [9.17, 15) is 4.79 Å². The summed E-state index contributed by atoms with van der Waals surface area (Å²) in [6.45, 7) is 5.89. The molecule has 0 saturated heterocycles. The summed E-state index contributed by atoms with van der Waals surface area (Å²) in [6.07, 6.45) is 1.63. The number of carbonyl (C=O) groups is 1. The van der Waals surface area contributed by atoms with Crippen molar-refractivity contribution in [3.05, 3.63) is 22.4 Å². The minimum Gasteiger partial charge on any atom is -0.337 e. The standard InChI is InChI=1S/C13H22N2OS/c1-5-8-13(3,14)12(16)15(4)10(2)11-7-6-9-17-11/h6-7,9-10H,5,8,14H2,1-4H3. The summed E-state index contributed by atoms with van der Waals surface area (Å²) in [5.41, 5.74) is 5.32. The van der Waals surface area contributed by atoms with Crippen LogP contribution in [0.4, 0.5) is 0 Å². The topological polar surface area (TPSA) is 46.3 Å². The molecule has 0 radical (unpaired) electrons. The zero-order chi connectivity index (χ0) is 13.1. The maximum absolute atomic E-state index is 12.3. The average Bonchev–Trinajstić information content (AvgIpc) is 2.79. The van der Waals surface area contributed by atoms with Gasteiger partial charge in [-0.3, -0.25) is 4.79 Å². The van der Waals surface area contributed by atoms with Crippen molar-refractivity contribution in [2.75, 3.05) is 7.05 Å². The van der Waals surface area contributed by atoms with Crippen molar-refractivity contribution < 1.29 is 4.79 Å². The molecule has 3 nitrogen and oxygen atoms in total. The van der Waals surface area contributed by atoms with Crippen LogP contribution < -0.4 is 5.73 Å². The molecule has 2 N–H and O–H groups in total. The van der Waals surface area contributed by atoms with E-state index >= 15 is 0 Å². The van der Waals surface area contributed by atoms with Crippen molar-refractivity contribution in [1.29, 1.82) is 0 Å². The molecule has 2 atom stereocenters. The Morgan fingerprint density at radius 3 is 2.76 bits per heavy atom. The molecule has 1 aromatic heterocycles. The second-order valence-electron chi connectivity index (χ2n) is 4.77. The Bertz CT molecular complexity index is 360. The van der Waals surface area contributed by atoms with Gasteiger partial charge < -0.3 is 10.6 Å². The fraction of sp³-hybridized carbons (Fsp3) is 0.615. The first-order valence-electron chi connectivity index (χ1n) is 5.99. The molecule has 0 aliphatic heterocycles. The number of rotatable bonds is 5. The molecule has 2 unspecified atom stereocenters. The lowest BCUT2D eigenvalue weighted by Gasteiger charge is -2.32. The lowest BCUT2D eigenvalue weighted by atomic mass is 9.95. The average molecular weight is 254 g/mol. The van der Waals surface area contributed by atoms with Gasteiger partial charge in [-0.05, 0) is 31.7 Å². The second-order valence-corrected chi connectivity index (χ2v) is 5.75. The predicted octanol–water partition coefficient (Wildman–Crippen LogP) is 2.79. The van der Waals surface area contributed by atoms with Crippen molar-refractivity contribution in [2.45, 2.75) is 45.2 Å². The van der Waals surface area contributed by atoms with E-state index in [0.29, 0.717) is 6.42 Å². The van der Waals surface area contributed by atoms with E-state index in [4.69, 9.17) is 5.73 Å². The van der Waals surface area contributed by atoms with Crippen molar-refractivity contribution in [3.63, 3.8) is 0 Å². The number of nitrogens with two attached hydrogens (primary N) is 1. The zero-order valence-electron chi connectivity index (χ0n) is 11.1. The van der Waals surface area contributed by atoms with Gasteiger partial charge in [0.05, 0.1) is 11.6 Å². The SMILES string of the molecule is CCCC(C)(N)C(=O)N(C)C(C)c1cccs1. The van der Waals surface area contributed by atoms with Crippen molar-refractivity contribution in [1.82, 2.24) is 4.90 Å². The highest BCUT2D eigenvalue weighted by molar-refractivity contribution is 7.10. The smallest absolute Gasteiger partial charge is 0.242 e. The predicted molar refractivity (Wildman–Crippen MR) is 73.0 cm³/mol. The van der Waals surface area contributed by atoms with Crippen molar-refractivity contribution in [2.24, 2.45) is 5.73 Å². The third kappa shape index (κ3) is 3.30. The van der Waals surface area contributed by atoms with Crippen LogP contribution in [0.25, 0.3) is 0 Å². The molecule has 0 bridgehead atoms. The molecule has 0 fully saturated rings. The molecule has 4 heteroatoms. The molecule has 0 aliphatic rings. The number of likely N-dealkylation sites (N-methyl/N-ethyl adjacent to an activating group) is 1. The van der Waals surface area contributed by atoms with Crippen molar-refractivity contribution >= 4 is 17.2 Å². The number of thiophene rings is 1. The van der Waals surface area contributed by atoms with Gasteiger partial charge in [0.25, 0.3) is 0 Å². The van der Waals surface area contributed by atoms with Crippen LogP contribution in [0.1, 0.15) is 44.5 Å². The van der Waals surface area contributed by atoms with Gasteiger partial charge in [0.1, 0.15) is 0 Å². The number of hydrogen-bond acceptors (Lipinski definition) is 3. The summed E-state index contributed by atoms with van der Waals surface area (Å²) in [5.74, 6) is 0.0141. The van der Waals surface area contributed by atoms with Gasteiger partial charge in [-0.1, -0.05) is 19.4 Å². The molecule has 0 aromatic carbocycles. The van der Waals surface area contributed by atoms with Crippen LogP contribution in [0, 0.1) is 0 Å². The largest absolute Gasteiger partial charge is 0.337 e. The maximum Gasteiger partial charge on any atom is 0.242 e. The molecule has 1 rings (SSSR count). The van der Waals surface area contributed by atoms with Crippen molar-refractivity contribution in [3.8, 4) is 0 Å². The van der Waals surface area contributed by atoms with E-state index in [1.807, 2.05) is 45.3 Å². The van der Waals surface area contributed by atoms with E-state index in [1.165, 1.54) is 4.88 Å². The van der Waals surface area contributed by atoms with Crippen LogP contribution in [-0.2, 0) is 4.79 Å². The van der Waals surface area contributed by atoms with Gasteiger partial charge >= 0.3 is 0 Å². The Kier molecular flexibility index (Phi) is 4.71. The lowest BCUT2D eigenvalue weighted by molar-refractivity contribution is -0.137. The highest BCUT2D eigenvalue weighted by atomic mass is 32.1. The van der Waals surface area contributed by atoms with Gasteiger partial charge in [0.15, 0.2) is 0 Å². The minimum atomic E-state index is -0.755. The molecule has 1 heterocycles. The summed E-state index contributed by atoms with van der Waals surface area (Å²) < 4.78 is 0. The number of nitrogens with zero attached hydrogens (tertiary/aromatic N) is 1. The number of hydrogen-bond donors (Lipinski definition) is 1. The Morgan fingerprint density at radius 1 is 1.65 bits per heavy atom. The molecule has 1 amide bonds. The van der Waals surface area contributed by atoms with Crippen LogP contribution in [0.15, 0.2) is 17.5 Å². The zero-order valence-corrected chi connectivity index (χ0v) is 11.9. The third-order valence-corrected chi connectivity index (χ3v) is 4.16. The summed E-state index contributed by atoms with van der Waals surface area (Å²) in [4.78, 5) is 15.2. The van der Waals surface area contributed by atoms with Crippen LogP contribution in [0.3, 0.4) is 0 Å². The number of amides is 1. The fourth-order valence-electron chi connectivity index (χ4n) is 1.92. The van der Waals surface area contributed by atoms with Crippen LogP contribution in [0.2, 0.25) is 0 Å². The molecule has 0 aliphatic carbocycles. The van der Waals surface area contributed by atoms with Crippen LogP contribution in [-0.4, -0.2) is 23.4 Å². The molecule has 0 spiro atoms. The van der Waals surface area contributed by atoms with E-state index in [2.05, 4.69) is 0 Å². The Hall–Kier alpha value is -0.870. The first-order chi connectivity index (χ1) is 7.90. The normalized spacial score (nSPS) is 16.3. The highest BCUT2D eigenvalue weighted by Gasteiger charge is 2.32. The Labute approximate surface area is 108 Å². The quantitative estimate of drug-likeness (QED) is 0.878. The summed E-state index contributed by atoms with van der Waals surface area (Å²) in [6, 6.07) is 4.14. The minimum absolute atomic E-state index is 0.0141. The first-order valence-corrected chi connectivity index (χ1v) is 6.87. The molecular weight excluding hydrogens is 232 g/mol. The van der Waals surface area contributed by atoms with Crippen LogP contribution in [0.5, 0.6) is 0 Å².